The zero-order valence-electron chi connectivity index (χ0n) is 13.6. The number of amides is 1. The Morgan fingerprint density at radius 1 is 1.24 bits per heavy atom. The molecule has 0 saturated carbocycles. The summed E-state index contributed by atoms with van der Waals surface area (Å²) in [5.74, 6) is -2.48. The van der Waals surface area contributed by atoms with Crippen LogP contribution in [0, 0.1) is 17.6 Å². The molecule has 1 unspecified atom stereocenters. The second kappa shape index (κ2) is 7.01. The van der Waals surface area contributed by atoms with Crippen LogP contribution in [0.5, 0.6) is 0 Å². The summed E-state index contributed by atoms with van der Waals surface area (Å²) in [6.07, 6.45) is 0.352. The molecule has 0 fully saturated rings. The van der Waals surface area contributed by atoms with Crippen molar-refractivity contribution in [3.05, 3.63) is 53.6 Å². The summed E-state index contributed by atoms with van der Waals surface area (Å²) in [4.78, 5) is 23.8. The van der Waals surface area contributed by atoms with Crippen LogP contribution >= 0.6 is 0 Å². The third-order valence-electron chi connectivity index (χ3n) is 4.16. The van der Waals surface area contributed by atoms with Gasteiger partial charge in [-0.15, -0.1) is 0 Å². The van der Waals surface area contributed by atoms with Gasteiger partial charge in [-0.25, -0.2) is 8.78 Å². The van der Waals surface area contributed by atoms with E-state index in [1.807, 2.05) is 0 Å². The highest BCUT2D eigenvalue weighted by Crippen LogP contribution is 2.32. The quantitative estimate of drug-likeness (QED) is 0.860. The number of hydrogen-bond donors (Lipinski definition) is 1. The van der Waals surface area contributed by atoms with Gasteiger partial charge in [0.15, 0.2) is 0 Å². The van der Waals surface area contributed by atoms with Crippen molar-refractivity contribution < 1.29 is 23.1 Å². The predicted octanol–water partition coefficient (Wildman–Crippen LogP) is 3.70. The standard InChI is InChI=1S/C19H17F2NO3/c1-2-25-18(23)9-13-8-12-7-11(3-6-17(12)22-19(13)24)15-5-4-14(20)10-16(15)21/h3-7,10,13H,2,8-9H2,1H3,(H,22,24). The number of benzene rings is 2. The molecule has 0 radical (unpaired) electrons. The minimum absolute atomic E-state index is 0.00570. The summed E-state index contributed by atoms with van der Waals surface area (Å²) in [5, 5.41) is 2.76. The van der Waals surface area contributed by atoms with Gasteiger partial charge in [-0.05, 0) is 48.7 Å². The number of nitrogens with one attached hydrogen (secondary N) is 1. The van der Waals surface area contributed by atoms with Crippen LogP contribution in [0.15, 0.2) is 36.4 Å². The second-order valence-corrected chi connectivity index (χ2v) is 5.90. The normalized spacial score (nSPS) is 16.1. The number of anilines is 1. The highest BCUT2D eigenvalue weighted by Gasteiger charge is 2.29. The molecule has 0 aromatic heterocycles. The molecule has 1 amide bonds. The summed E-state index contributed by atoms with van der Waals surface area (Å²) in [6.45, 7) is 1.97. The first kappa shape index (κ1) is 17.1. The van der Waals surface area contributed by atoms with Gasteiger partial charge >= 0.3 is 5.97 Å². The number of fused-ring (bicyclic) bond motifs is 1. The summed E-state index contributed by atoms with van der Waals surface area (Å²) >= 11 is 0. The summed E-state index contributed by atoms with van der Waals surface area (Å²) in [7, 11) is 0. The summed E-state index contributed by atoms with van der Waals surface area (Å²) in [5.41, 5.74) is 2.30. The van der Waals surface area contributed by atoms with E-state index in [4.69, 9.17) is 4.74 Å². The third kappa shape index (κ3) is 3.68. The Morgan fingerprint density at radius 3 is 2.76 bits per heavy atom. The number of hydrogen-bond acceptors (Lipinski definition) is 3. The highest BCUT2D eigenvalue weighted by molar-refractivity contribution is 5.98. The molecule has 1 aliphatic rings. The minimum atomic E-state index is -0.650. The van der Waals surface area contributed by atoms with Crippen LogP contribution < -0.4 is 5.32 Å². The van der Waals surface area contributed by atoms with Crippen molar-refractivity contribution in [2.75, 3.05) is 11.9 Å². The molecule has 130 valence electrons. The molecular formula is C19H17F2NO3. The molecule has 1 atom stereocenters. The van der Waals surface area contributed by atoms with Crippen LogP contribution in [-0.4, -0.2) is 18.5 Å². The van der Waals surface area contributed by atoms with Gasteiger partial charge in [-0.3, -0.25) is 9.59 Å². The number of ether oxygens (including phenoxy) is 1. The lowest BCUT2D eigenvalue weighted by Crippen LogP contribution is -2.32. The van der Waals surface area contributed by atoms with E-state index in [0.717, 1.165) is 11.6 Å². The van der Waals surface area contributed by atoms with Gasteiger partial charge in [-0.2, -0.15) is 0 Å². The van der Waals surface area contributed by atoms with Crippen LogP contribution in [0.2, 0.25) is 0 Å². The molecule has 2 aromatic carbocycles. The van der Waals surface area contributed by atoms with Crippen molar-refractivity contribution in [2.45, 2.75) is 19.8 Å². The zero-order valence-corrected chi connectivity index (χ0v) is 13.6. The molecule has 2 aromatic rings. The molecule has 3 rings (SSSR count). The second-order valence-electron chi connectivity index (χ2n) is 5.90. The van der Waals surface area contributed by atoms with Crippen molar-refractivity contribution >= 4 is 17.6 Å². The molecule has 0 saturated heterocycles. The van der Waals surface area contributed by atoms with Gasteiger partial charge in [0.1, 0.15) is 11.6 Å². The van der Waals surface area contributed by atoms with Gasteiger partial charge in [0, 0.05) is 17.3 Å². The highest BCUT2D eigenvalue weighted by atomic mass is 19.1. The maximum Gasteiger partial charge on any atom is 0.306 e. The fraction of sp³-hybridized carbons (Fsp3) is 0.263. The predicted molar refractivity (Wildman–Crippen MR) is 88.9 cm³/mol. The van der Waals surface area contributed by atoms with Crippen LogP contribution in [0.4, 0.5) is 14.5 Å². The Balaban J connectivity index is 1.87. The first-order valence-electron chi connectivity index (χ1n) is 8.02. The molecule has 0 spiro atoms. The lowest BCUT2D eigenvalue weighted by Gasteiger charge is -2.24. The van der Waals surface area contributed by atoms with Crippen molar-refractivity contribution in [1.82, 2.24) is 0 Å². The van der Waals surface area contributed by atoms with Gasteiger partial charge in [-0.1, -0.05) is 6.07 Å². The average Bonchev–Trinajstić information content (AvgIpc) is 2.55. The molecule has 4 nitrogen and oxygen atoms in total. The molecule has 1 N–H and O–H groups in total. The van der Waals surface area contributed by atoms with E-state index < -0.39 is 23.5 Å². The number of rotatable bonds is 4. The monoisotopic (exact) mass is 345 g/mol. The van der Waals surface area contributed by atoms with E-state index in [9.17, 15) is 18.4 Å². The third-order valence-corrected chi connectivity index (χ3v) is 4.16. The Kier molecular flexibility index (Phi) is 4.79. The fourth-order valence-corrected chi connectivity index (χ4v) is 2.95. The minimum Gasteiger partial charge on any atom is -0.466 e. The number of carbonyl (C=O) groups is 2. The Labute approximate surface area is 143 Å². The maximum atomic E-state index is 14.0. The Bertz CT molecular complexity index is 835. The molecule has 1 aliphatic heterocycles. The van der Waals surface area contributed by atoms with Gasteiger partial charge < -0.3 is 10.1 Å². The van der Waals surface area contributed by atoms with Gasteiger partial charge in [0.25, 0.3) is 0 Å². The van der Waals surface area contributed by atoms with Crippen LogP contribution in [0.1, 0.15) is 18.9 Å². The van der Waals surface area contributed by atoms with Crippen molar-refractivity contribution in [3.63, 3.8) is 0 Å². The van der Waals surface area contributed by atoms with E-state index in [1.165, 1.54) is 12.1 Å². The maximum absolute atomic E-state index is 14.0. The topological polar surface area (TPSA) is 55.4 Å². The van der Waals surface area contributed by atoms with E-state index in [1.54, 1.807) is 25.1 Å². The number of carbonyl (C=O) groups excluding carboxylic acids is 2. The number of halogens is 2. The summed E-state index contributed by atoms with van der Waals surface area (Å²) in [6, 6.07) is 8.52. The first-order chi connectivity index (χ1) is 12.0. The smallest absolute Gasteiger partial charge is 0.306 e. The molecule has 0 bridgehead atoms. The summed E-state index contributed by atoms with van der Waals surface area (Å²) < 4.78 is 32.0. The fourth-order valence-electron chi connectivity index (χ4n) is 2.95. The van der Waals surface area contributed by atoms with E-state index >= 15 is 0 Å². The van der Waals surface area contributed by atoms with Crippen LogP contribution in [0.3, 0.4) is 0 Å². The Morgan fingerprint density at radius 2 is 2.04 bits per heavy atom. The Hall–Kier alpha value is -2.76. The van der Waals surface area contributed by atoms with Crippen molar-refractivity contribution in [2.24, 2.45) is 5.92 Å². The van der Waals surface area contributed by atoms with E-state index in [0.29, 0.717) is 17.7 Å². The van der Waals surface area contributed by atoms with Gasteiger partial charge in [0.2, 0.25) is 5.91 Å². The first-order valence-corrected chi connectivity index (χ1v) is 8.02. The lowest BCUT2D eigenvalue weighted by molar-refractivity contribution is -0.145. The molecular weight excluding hydrogens is 328 g/mol. The van der Waals surface area contributed by atoms with Crippen LogP contribution in [0.25, 0.3) is 11.1 Å². The van der Waals surface area contributed by atoms with Crippen molar-refractivity contribution in [1.29, 1.82) is 0 Å². The average molecular weight is 345 g/mol. The molecule has 6 heteroatoms. The SMILES string of the molecule is CCOC(=O)CC1Cc2cc(-c3ccc(F)cc3F)ccc2NC1=O. The zero-order chi connectivity index (χ0) is 18.0. The lowest BCUT2D eigenvalue weighted by atomic mass is 9.89. The number of esters is 1. The molecule has 25 heavy (non-hydrogen) atoms. The van der Waals surface area contributed by atoms with Gasteiger partial charge in [0.05, 0.1) is 18.9 Å². The van der Waals surface area contributed by atoms with E-state index in [-0.39, 0.29) is 24.5 Å². The molecule has 0 aliphatic carbocycles. The van der Waals surface area contributed by atoms with Crippen LogP contribution in [-0.2, 0) is 20.7 Å². The van der Waals surface area contributed by atoms with Crippen molar-refractivity contribution in [3.8, 4) is 11.1 Å². The molecule has 1 heterocycles. The van der Waals surface area contributed by atoms with E-state index in [2.05, 4.69) is 5.32 Å². The largest absolute Gasteiger partial charge is 0.466 e.